The van der Waals surface area contributed by atoms with Crippen molar-refractivity contribution in [1.82, 2.24) is 0 Å². The molecule has 0 amide bonds. The van der Waals surface area contributed by atoms with Crippen molar-refractivity contribution in [3.8, 4) is 17.2 Å². The Labute approximate surface area is 416 Å². The van der Waals surface area contributed by atoms with Gasteiger partial charge in [-0.05, 0) is 88.7 Å². The summed E-state index contributed by atoms with van der Waals surface area (Å²) in [6.07, 6.45) is 0.651. The number of hydrogen-bond acceptors (Lipinski definition) is 18. The molecule has 0 aliphatic carbocycles. The molecule has 0 spiro atoms. The standard InChI is InChI=1S/C14H17BF4O6S.C13H15BF4O6S.C11H11BF4O6S/c1-12(2)13(3,4)25-15(24-12)22-8-9-7-10(16)5-6-11(9)23-26(20,21)14(17,18)19;1-12(2)7-22-14(23-8-12)21-6-9-5-10(15)3-4-11(9)24-25(19,20)13(16,17)18;13-9-2-3-10(22-23(17,18)11(14,15)16)8(6-9)7-21-12-19-4-1-5-20-12/h5-7H,8H2,1-4H3;3-5H,6-8H2,1-2H3;2-3,6H,1,4-5,7H2. The highest BCUT2D eigenvalue weighted by atomic mass is 32.2. The van der Waals surface area contributed by atoms with Gasteiger partial charge in [0.2, 0.25) is 0 Å². The maximum Gasteiger partial charge on any atom is 0.640 e. The molecule has 74 heavy (non-hydrogen) atoms. The minimum atomic E-state index is -5.90. The van der Waals surface area contributed by atoms with Gasteiger partial charge in [0.05, 0.1) is 31.0 Å². The van der Waals surface area contributed by atoms with Crippen LogP contribution in [0.25, 0.3) is 0 Å². The Hall–Kier alpha value is -4.10. The minimum Gasteiger partial charge on any atom is -0.386 e. The van der Waals surface area contributed by atoms with Gasteiger partial charge in [-0.1, -0.05) is 13.8 Å². The smallest absolute Gasteiger partial charge is 0.386 e. The van der Waals surface area contributed by atoms with E-state index in [9.17, 15) is 77.9 Å². The van der Waals surface area contributed by atoms with E-state index in [1.807, 2.05) is 13.8 Å². The van der Waals surface area contributed by atoms with Gasteiger partial charge in [0.15, 0.2) is 0 Å². The zero-order chi connectivity index (χ0) is 55.9. The molecular weight excluding hydrogens is 1100 g/mol. The molecule has 18 nitrogen and oxygen atoms in total. The first kappa shape index (κ1) is 62.4. The van der Waals surface area contributed by atoms with E-state index < -0.39 is 135 Å². The van der Waals surface area contributed by atoms with Crippen LogP contribution in [0.5, 0.6) is 17.2 Å². The molecule has 6 rings (SSSR count). The van der Waals surface area contributed by atoms with Crippen LogP contribution in [0.4, 0.5) is 52.7 Å². The quantitative estimate of drug-likeness (QED) is 0.0615. The Morgan fingerprint density at radius 2 is 0.757 bits per heavy atom. The van der Waals surface area contributed by atoms with Crippen molar-refractivity contribution in [2.75, 3.05) is 26.4 Å². The predicted molar refractivity (Wildman–Crippen MR) is 230 cm³/mol. The van der Waals surface area contributed by atoms with Crippen molar-refractivity contribution in [3.63, 3.8) is 0 Å². The summed E-state index contributed by atoms with van der Waals surface area (Å²) in [4.78, 5) is 0. The van der Waals surface area contributed by atoms with Gasteiger partial charge in [-0.25, -0.2) is 13.2 Å². The second-order valence-corrected chi connectivity index (χ2v) is 21.8. The summed E-state index contributed by atoms with van der Waals surface area (Å²) in [5, 5.41) is 0. The summed E-state index contributed by atoms with van der Waals surface area (Å²) >= 11 is 0. The molecule has 3 fully saturated rings. The van der Waals surface area contributed by atoms with Crippen LogP contribution in [0.15, 0.2) is 54.6 Å². The monoisotopic (exact) mass is 1140 g/mol. The fraction of sp³-hybridized carbons (Fsp3) is 0.526. The van der Waals surface area contributed by atoms with Crippen LogP contribution in [-0.2, 0) is 92.1 Å². The van der Waals surface area contributed by atoms with Crippen LogP contribution >= 0.6 is 0 Å². The zero-order valence-electron chi connectivity index (χ0n) is 39.2. The van der Waals surface area contributed by atoms with E-state index in [0.717, 1.165) is 54.6 Å². The summed E-state index contributed by atoms with van der Waals surface area (Å²) in [6.45, 7) is 10.7. The first-order chi connectivity index (χ1) is 33.7. The van der Waals surface area contributed by atoms with E-state index >= 15 is 0 Å². The van der Waals surface area contributed by atoms with Gasteiger partial charge in [-0.3, -0.25) is 0 Å². The Balaban J connectivity index is 0.000000241. The van der Waals surface area contributed by atoms with E-state index in [-0.39, 0.29) is 22.1 Å². The first-order valence-electron chi connectivity index (χ1n) is 20.8. The maximum absolute atomic E-state index is 13.4. The average molecular weight is 1140 g/mol. The van der Waals surface area contributed by atoms with Gasteiger partial charge in [0.25, 0.3) is 0 Å². The van der Waals surface area contributed by atoms with Gasteiger partial charge in [0.1, 0.15) is 34.7 Å². The summed E-state index contributed by atoms with van der Waals surface area (Å²) in [6, 6.07) is 6.98. The van der Waals surface area contributed by atoms with Crippen molar-refractivity contribution >= 4 is 52.3 Å². The lowest BCUT2D eigenvalue weighted by atomic mass is 9.90. The minimum absolute atomic E-state index is 0.228. The van der Waals surface area contributed by atoms with Crippen LogP contribution in [0.1, 0.15) is 64.7 Å². The van der Waals surface area contributed by atoms with Crippen molar-refractivity contribution in [2.24, 2.45) is 5.41 Å². The third kappa shape index (κ3) is 17.7. The Morgan fingerprint density at radius 3 is 1.05 bits per heavy atom. The molecule has 3 saturated heterocycles. The van der Waals surface area contributed by atoms with Gasteiger partial charge >= 0.3 is 68.8 Å². The Bertz CT molecular complexity index is 2700. The van der Waals surface area contributed by atoms with Crippen molar-refractivity contribution in [1.29, 1.82) is 0 Å². The van der Waals surface area contributed by atoms with Crippen LogP contribution in [-0.4, -0.2) is 101 Å². The molecule has 0 bridgehead atoms. The molecular formula is C38H43B3F12O18S3. The third-order valence-electron chi connectivity index (χ3n) is 9.89. The van der Waals surface area contributed by atoms with E-state index in [0.29, 0.717) is 32.8 Å². The second kappa shape index (κ2) is 24.1. The Morgan fingerprint density at radius 1 is 0.473 bits per heavy atom. The third-order valence-corrected chi connectivity index (χ3v) is 12.8. The molecule has 0 saturated carbocycles. The van der Waals surface area contributed by atoms with Gasteiger partial charge in [0, 0.05) is 48.5 Å². The molecule has 0 N–H and O–H groups in total. The molecule has 0 atom stereocenters. The maximum atomic E-state index is 13.4. The topological polar surface area (TPSA) is 213 Å². The van der Waals surface area contributed by atoms with Crippen LogP contribution in [0.3, 0.4) is 0 Å². The lowest BCUT2D eigenvalue weighted by Crippen LogP contribution is -2.42. The van der Waals surface area contributed by atoms with Crippen LogP contribution in [0, 0.1) is 22.9 Å². The molecule has 3 heterocycles. The van der Waals surface area contributed by atoms with Crippen molar-refractivity contribution in [3.05, 3.63) is 88.7 Å². The number of rotatable bonds is 15. The van der Waals surface area contributed by atoms with E-state index in [2.05, 4.69) is 12.5 Å². The number of alkyl halides is 9. The molecule has 3 aliphatic heterocycles. The van der Waals surface area contributed by atoms with Gasteiger partial charge in [-0.15, -0.1) is 0 Å². The van der Waals surface area contributed by atoms with Gasteiger partial charge in [-0.2, -0.15) is 64.8 Å². The fourth-order valence-corrected chi connectivity index (χ4v) is 6.87. The van der Waals surface area contributed by atoms with Gasteiger partial charge < -0.3 is 54.4 Å². The van der Waals surface area contributed by atoms with Crippen LogP contribution < -0.4 is 12.5 Å². The summed E-state index contributed by atoms with van der Waals surface area (Å²) in [5.41, 5.74) is -19.3. The number of hydrogen-bond donors (Lipinski definition) is 0. The highest BCUT2D eigenvalue weighted by Gasteiger charge is 2.54. The van der Waals surface area contributed by atoms with Crippen LogP contribution in [0.2, 0.25) is 0 Å². The number of halogens is 12. The molecule has 0 aromatic heterocycles. The zero-order valence-corrected chi connectivity index (χ0v) is 41.6. The second-order valence-electron chi connectivity index (χ2n) is 17.1. The lowest BCUT2D eigenvalue weighted by molar-refractivity contribution is -0.0505. The van der Waals surface area contributed by atoms with E-state index in [4.69, 9.17) is 41.9 Å². The summed E-state index contributed by atoms with van der Waals surface area (Å²) in [7, 11) is -21.0. The highest BCUT2D eigenvalue weighted by Crippen LogP contribution is 2.38. The highest BCUT2D eigenvalue weighted by molar-refractivity contribution is 7.88. The summed E-state index contributed by atoms with van der Waals surface area (Å²) in [5.74, 6) is -4.52. The predicted octanol–water partition coefficient (Wildman–Crippen LogP) is 7.78. The molecule has 0 unspecified atom stereocenters. The molecule has 0 radical (unpaired) electrons. The molecule has 3 aliphatic rings. The fourth-order valence-electron chi connectivity index (χ4n) is 5.39. The average Bonchev–Trinajstić information content (AvgIpc) is 3.48. The molecule has 414 valence electrons. The van der Waals surface area contributed by atoms with E-state index in [1.165, 1.54) is 0 Å². The Kier molecular flexibility index (Phi) is 20.3. The summed E-state index contributed by atoms with van der Waals surface area (Å²) < 4.78 is 278. The lowest BCUT2D eigenvalue weighted by Gasteiger charge is -2.32. The van der Waals surface area contributed by atoms with Crippen molar-refractivity contribution < 1.29 is 132 Å². The SMILES string of the molecule is CC1(C)COB(OCc2cc(F)ccc2OS(=O)(=O)C(F)(F)F)OC1.CC1(C)OB(OCc2cc(F)ccc2OS(=O)(=O)C(F)(F)F)OC1(C)C.O=S(=O)(Oc1ccc(F)cc1COB1OCCCO1)C(F)(F)F. The molecule has 3 aromatic carbocycles. The normalized spacial score (nSPS) is 18.2. The largest absolute Gasteiger partial charge is 0.640 e. The first-order valence-corrected chi connectivity index (χ1v) is 25.0. The molecule has 3 aromatic rings. The number of benzene rings is 3. The van der Waals surface area contributed by atoms with E-state index in [1.54, 1.807) is 27.7 Å². The molecule has 36 heteroatoms. The van der Waals surface area contributed by atoms with Crippen molar-refractivity contribution in [2.45, 2.75) is 95.5 Å².